The van der Waals surface area contributed by atoms with E-state index >= 15 is 0 Å². The van der Waals surface area contributed by atoms with Crippen LogP contribution in [0.3, 0.4) is 0 Å². The van der Waals surface area contributed by atoms with Crippen LogP contribution in [0.25, 0.3) is 0 Å². The molecule has 0 saturated carbocycles. The van der Waals surface area contributed by atoms with Crippen molar-refractivity contribution < 1.29 is 9.13 Å². The molecular formula is C22H29FN2O. The van der Waals surface area contributed by atoms with Gasteiger partial charge in [0, 0.05) is 30.6 Å². The van der Waals surface area contributed by atoms with Crippen molar-refractivity contribution in [3.8, 4) is 5.75 Å². The summed E-state index contributed by atoms with van der Waals surface area (Å²) in [6.45, 7) is 7.98. The predicted octanol–water partition coefficient (Wildman–Crippen LogP) is 4.21. The maximum Gasteiger partial charge on any atom is 0.123 e. The maximum atomic E-state index is 14.0. The highest BCUT2D eigenvalue weighted by molar-refractivity contribution is 5.49. The first-order valence-corrected chi connectivity index (χ1v) is 9.14. The lowest BCUT2D eigenvalue weighted by Gasteiger charge is -2.40. The highest BCUT2D eigenvalue weighted by atomic mass is 19.1. The summed E-state index contributed by atoms with van der Waals surface area (Å²) in [6, 6.07) is 11.6. The van der Waals surface area contributed by atoms with Gasteiger partial charge < -0.3 is 10.5 Å². The van der Waals surface area contributed by atoms with Gasteiger partial charge in [-0.3, -0.25) is 4.90 Å². The minimum atomic E-state index is -0.239. The Balaban J connectivity index is 2.18. The summed E-state index contributed by atoms with van der Waals surface area (Å²) >= 11 is 0. The average molecular weight is 356 g/mol. The van der Waals surface area contributed by atoms with Crippen molar-refractivity contribution in [1.29, 1.82) is 0 Å². The summed E-state index contributed by atoms with van der Waals surface area (Å²) in [5.41, 5.74) is 10.8. The van der Waals surface area contributed by atoms with Gasteiger partial charge in [-0.15, -0.1) is 0 Å². The van der Waals surface area contributed by atoms with Crippen molar-refractivity contribution in [3.63, 3.8) is 0 Å². The maximum absolute atomic E-state index is 14.0. The van der Waals surface area contributed by atoms with Crippen LogP contribution >= 0.6 is 0 Å². The second-order valence-corrected chi connectivity index (χ2v) is 8.22. The molecule has 1 aliphatic rings. The first-order chi connectivity index (χ1) is 12.3. The van der Waals surface area contributed by atoms with Crippen LogP contribution in [-0.4, -0.2) is 32.1 Å². The van der Waals surface area contributed by atoms with Crippen LogP contribution in [-0.2, 0) is 5.41 Å². The Morgan fingerprint density at radius 3 is 2.46 bits per heavy atom. The molecule has 2 aromatic rings. The number of methoxy groups -OCH3 is 1. The smallest absolute Gasteiger partial charge is 0.123 e. The van der Waals surface area contributed by atoms with Crippen molar-refractivity contribution in [2.45, 2.75) is 38.1 Å². The molecule has 140 valence electrons. The van der Waals surface area contributed by atoms with Gasteiger partial charge >= 0.3 is 0 Å². The molecule has 2 N–H and O–H groups in total. The molecule has 0 saturated heterocycles. The third-order valence-corrected chi connectivity index (χ3v) is 5.48. The van der Waals surface area contributed by atoms with Crippen LogP contribution in [0, 0.1) is 5.82 Å². The molecule has 0 spiro atoms. The lowest BCUT2D eigenvalue weighted by Crippen LogP contribution is -2.39. The van der Waals surface area contributed by atoms with Gasteiger partial charge in [0.05, 0.1) is 7.11 Å². The Kier molecular flexibility index (Phi) is 5.09. The molecule has 4 heteroatoms. The highest BCUT2D eigenvalue weighted by Crippen LogP contribution is 2.42. The molecule has 0 aromatic heterocycles. The second kappa shape index (κ2) is 7.01. The van der Waals surface area contributed by atoms with Crippen LogP contribution in [0.15, 0.2) is 36.4 Å². The van der Waals surface area contributed by atoms with Gasteiger partial charge in [0.15, 0.2) is 0 Å². The highest BCUT2D eigenvalue weighted by Gasteiger charge is 2.33. The lowest BCUT2D eigenvalue weighted by molar-refractivity contribution is 0.222. The molecule has 0 bridgehead atoms. The standard InChI is InChI=1S/C22H29FN2O/c1-22(2,3)14-6-8-16-17(10-14)20(12-24)25(4)13-19(16)18-11-15(23)7-9-21(18)26-5/h6-11,19-20H,12-13,24H2,1-5H3. The minimum absolute atomic E-state index is 0.0532. The Morgan fingerprint density at radius 1 is 1.12 bits per heavy atom. The van der Waals surface area contributed by atoms with Gasteiger partial charge in [-0.05, 0) is 47.4 Å². The zero-order chi connectivity index (χ0) is 19.1. The minimum Gasteiger partial charge on any atom is -0.496 e. The first-order valence-electron chi connectivity index (χ1n) is 9.14. The molecule has 2 unspecified atom stereocenters. The number of benzene rings is 2. The zero-order valence-corrected chi connectivity index (χ0v) is 16.3. The molecule has 0 aliphatic carbocycles. The summed E-state index contributed by atoms with van der Waals surface area (Å²) in [6.07, 6.45) is 0. The normalized spacial score (nSPS) is 20.7. The van der Waals surface area contributed by atoms with E-state index in [1.165, 1.54) is 22.8 Å². The molecule has 2 aromatic carbocycles. The number of hydrogen-bond donors (Lipinski definition) is 1. The van der Waals surface area contributed by atoms with E-state index in [9.17, 15) is 4.39 Å². The summed E-state index contributed by atoms with van der Waals surface area (Å²) in [5.74, 6) is 0.538. The summed E-state index contributed by atoms with van der Waals surface area (Å²) in [5, 5.41) is 0. The molecular weight excluding hydrogens is 327 g/mol. The monoisotopic (exact) mass is 356 g/mol. The van der Waals surface area contributed by atoms with E-state index in [-0.39, 0.29) is 23.2 Å². The number of nitrogens with two attached hydrogens (primary N) is 1. The van der Waals surface area contributed by atoms with Crippen molar-refractivity contribution in [3.05, 3.63) is 64.5 Å². The number of rotatable bonds is 3. The van der Waals surface area contributed by atoms with Crippen molar-refractivity contribution in [2.24, 2.45) is 5.73 Å². The van der Waals surface area contributed by atoms with Crippen molar-refractivity contribution in [1.82, 2.24) is 4.90 Å². The Labute approximate surface area is 156 Å². The SMILES string of the molecule is COc1ccc(F)cc1C1CN(C)C(CN)c2cc(C(C)(C)C)ccc21. The molecule has 26 heavy (non-hydrogen) atoms. The van der Waals surface area contributed by atoms with Gasteiger partial charge in [-0.2, -0.15) is 0 Å². The number of ether oxygens (including phenoxy) is 1. The van der Waals surface area contributed by atoms with Gasteiger partial charge in [0.2, 0.25) is 0 Å². The van der Waals surface area contributed by atoms with E-state index in [4.69, 9.17) is 10.5 Å². The predicted molar refractivity (Wildman–Crippen MR) is 104 cm³/mol. The number of halogens is 1. The molecule has 1 aliphatic heterocycles. The molecule has 0 radical (unpaired) electrons. The van der Waals surface area contributed by atoms with E-state index in [0.29, 0.717) is 6.54 Å². The van der Waals surface area contributed by atoms with E-state index in [1.807, 2.05) is 0 Å². The van der Waals surface area contributed by atoms with E-state index in [2.05, 4.69) is 50.9 Å². The second-order valence-electron chi connectivity index (χ2n) is 8.22. The van der Waals surface area contributed by atoms with Gasteiger partial charge in [-0.1, -0.05) is 39.0 Å². The number of likely N-dealkylation sites (N-methyl/N-ethyl adjacent to an activating group) is 1. The fourth-order valence-corrected chi connectivity index (χ4v) is 3.95. The Hall–Kier alpha value is -1.91. The number of nitrogens with zero attached hydrogens (tertiary/aromatic N) is 1. The fourth-order valence-electron chi connectivity index (χ4n) is 3.95. The molecule has 1 heterocycles. The van der Waals surface area contributed by atoms with E-state index in [1.54, 1.807) is 19.2 Å². The molecule has 3 nitrogen and oxygen atoms in total. The Morgan fingerprint density at radius 2 is 1.85 bits per heavy atom. The molecule has 0 fully saturated rings. The van der Waals surface area contributed by atoms with Gasteiger partial charge in [0.25, 0.3) is 0 Å². The van der Waals surface area contributed by atoms with Crippen molar-refractivity contribution in [2.75, 3.05) is 27.2 Å². The Bertz CT molecular complexity index is 797. The zero-order valence-electron chi connectivity index (χ0n) is 16.3. The lowest BCUT2D eigenvalue weighted by atomic mass is 9.77. The van der Waals surface area contributed by atoms with Crippen LogP contribution in [0.4, 0.5) is 4.39 Å². The largest absolute Gasteiger partial charge is 0.496 e. The summed E-state index contributed by atoms with van der Waals surface area (Å²) in [7, 11) is 3.72. The van der Waals surface area contributed by atoms with Crippen molar-refractivity contribution >= 4 is 0 Å². The van der Waals surface area contributed by atoms with Gasteiger partial charge in [0.1, 0.15) is 11.6 Å². The molecule has 3 rings (SSSR count). The van der Waals surface area contributed by atoms with E-state index in [0.717, 1.165) is 17.9 Å². The third-order valence-electron chi connectivity index (χ3n) is 5.48. The van der Waals surface area contributed by atoms with Crippen LogP contribution in [0.1, 0.15) is 55.0 Å². The quantitative estimate of drug-likeness (QED) is 0.895. The van der Waals surface area contributed by atoms with Crippen LogP contribution in [0.5, 0.6) is 5.75 Å². The third kappa shape index (κ3) is 3.36. The average Bonchev–Trinajstić information content (AvgIpc) is 2.59. The molecule has 2 atom stereocenters. The molecule has 0 amide bonds. The fraction of sp³-hybridized carbons (Fsp3) is 0.455. The topological polar surface area (TPSA) is 38.5 Å². The van der Waals surface area contributed by atoms with Crippen LogP contribution < -0.4 is 10.5 Å². The number of fused-ring (bicyclic) bond motifs is 1. The summed E-state index contributed by atoms with van der Waals surface area (Å²) in [4.78, 5) is 2.27. The first kappa shape index (κ1) is 18.9. The summed E-state index contributed by atoms with van der Waals surface area (Å²) < 4.78 is 19.5. The van der Waals surface area contributed by atoms with Gasteiger partial charge in [-0.25, -0.2) is 4.39 Å². The van der Waals surface area contributed by atoms with E-state index < -0.39 is 0 Å². The number of hydrogen-bond acceptors (Lipinski definition) is 3. The van der Waals surface area contributed by atoms with Crippen LogP contribution in [0.2, 0.25) is 0 Å².